The molecule has 4 aromatic rings. The minimum Gasteiger partial charge on any atom is -0.381 e. The number of ether oxygens (including phenoxy) is 2. The van der Waals surface area contributed by atoms with E-state index in [0.717, 1.165) is 37.4 Å². The number of nitriles is 2. The maximum atomic E-state index is 14.1. The van der Waals surface area contributed by atoms with Crippen molar-refractivity contribution in [3.05, 3.63) is 72.3 Å². The predicted octanol–water partition coefficient (Wildman–Crippen LogP) is 6.33. The van der Waals surface area contributed by atoms with Crippen molar-refractivity contribution in [2.45, 2.75) is 121 Å². The number of aryl methyl sites for hydroxylation is 2. The summed E-state index contributed by atoms with van der Waals surface area (Å²) in [6.07, 6.45) is -4.63. The fourth-order valence-electron chi connectivity index (χ4n) is 11.0. The number of hydrogen-bond acceptors (Lipinski definition) is 14. The lowest BCUT2D eigenvalue weighted by Crippen LogP contribution is -2.56. The van der Waals surface area contributed by atoms with Gasteiger partial charge in [-0.1, -0.05) is 26.0 Å². The summed E-state index contributed by atoms with van der Waals surface area (Å²) in [5.74, 6) is -2.88. The van der Waals surface area contributed by atoms with Crippen LogP contribution in [-0.2, 0) is 65.2 Å². The third-order valence-electron chi connectivity index (χ3n) is 15.8. The number of amides is 2. The molecule has 2 aliphatic carbocycles. The zero-order valence-electron chi connectivity index (χ0n) is 44.1. The highest BCUT2D eigenvalue weighted by Gasteiger charge is 2.51. The SMILES string of the molecule is CCN1CCC(C#N)(NC(=O)[C@@H]2C[C@@H](S(=O)(=O)c3ccc(-c4cnn(C)c4)cc3C(F)(F)F)C[C@H]2OC)CC1.CCN1CCC(C#N)(NC(=O)[C@H]2C[C@H](S(=O)(=O)c3ccc(-c4cnn(C)c4)cc3C(F)(F)F)C[C@@H]2OC)CC1. The average Bonchev–Trinajstić information content (AvgIpc) is 4.33. The number of halogens is 6. The summed E-state index contributed by atoms with van der Waals surface area (Å²) in [7, 11) is -3.06. The van der Waals surface area contributed by atoms with Crippen molar-refractivity contribution < 1.29 is 62.2 Å². The average molecular weight is 1140 g/mol. The number of carbonyl (C=O) groups excluding carboxylic acids is 2. The summed E-state index contributed by atoms with van der Waals surface area (Å²) in [5, 5.41) is 30.7. The maximum Gasteiger partial charge on any atom is 0.417 e. The first-order valence-corrected chi connectivity index (χ1v) is 28.6. The number of alkyl halides is 6. The van der Waals surface area contributed by atoms with Crippen LogP contribution in [-0.4, -0.2) is 145 Å². The van der Waals surface area contributed by atoms with Gasteiger partial charge in [0.2, 0.25) is 11.8 Å². The fraction of sp³-hybridized carbons (Fsp3) is 0.577. The first-order chi connectivity index (χ1) is 36.7. The van der Waals surface area contributed by atoms with Crippen molar-refractivity contribution in [1.29, 1.82) is 10.5 Å². The smallest absolute Gasteiger partial charge is 0.381 e. The molecule has 0 unspecified atom stereocenters. The number of nitrogens with one attached hydrogen (secondary N) is 2. The molecular formula is C52H64F6N10O8S2. The molecule has 78 heavy (non-hydrogen) atoms. The Labute approximate surface area is 449 Å². The van der Waals surface area contributed by atoms with Crippen LogP contribution in [0.2, 0.25) is 0 Å². The lowest BCUT2D eigenvalue weighted by atomic mass is 9.88. The summed E-state index contributed by atoms with van der Waals surface area (Å²) in [6, 6.07) is 10.7. The van der Waals surface area contributed by atoms with Gasteiger partial charge in [0.1, 0.15) is 11.1 Å². The third-order valence-corrected chi connectivity index (χ3v) is 20.3. The molecule has 26 heteroatoms. The second kappa shape index (κ2) is 23.4. The lowest BCUT2D eigenvalue weighted by molar-refractivity contribution is -0.140. The molecule has 4 heterocycles. The molecule has 2 saturated carbocycles. The van der Waals surface area contributed by atoms with E-state index in [2.05, 4.69) is 42.8 Å². The van der Waals surface area contributed by atoms with E-state index in [4.69, 9.17) is 9.47 Å². The number of likely N-dealkylation sites (tertiary alicyclic amines) is 2. The quantitative estimate of drug-likeness (QED) is 0.131. The fourth-order valence-corrected chi connectivity index (χ4v) is 15.0. The van der Waals surface area contributed by atoms with Crippen molar-refractivity contribution in [2.24, 2.45) is 25.9 Å². The molecular weight excluding hydrogens is 1070 g/mol. The second-order valence-corrected chi connectivity index (χ2v) is 24.9. The predicted molar refractivity (Wildman–Crippen MR) is 272 cm³/mol. The molecule has 4 fully saturated rings. The van der Waals surface area contributed by atoms with E-state index in [-0.39, 0.29) is 36.8 Å². The van der Waals surface area contributed by atoms with E-state index in [1.165, 1.54) is 60.5 Å². The Morgan fingerprint density at radius 2 is 0.974 bits per heavy atom. The summed E-state index contributed by atoms with van der Waals surface area (Å²) in [5.41, 5.74) is -3.49. The van der Waals surface area contributed by atoms with Crippen LogP contribution in [0.1, 0.15) is 76.3 Å². The summed E-state index contributed by atoms with van der Waals surface area (Å²) in [4.78, 5) is 29.3. The number of nitrogens with zero attached hydrogens (tertiary/aromatic N) is 8. The number of sulfone groups is 2. The molecule has 424 valence electrons. The maximum absolute atomic E-state index is 14.1. The van der Waals surface area contributed by atoms with Crippen LogP contribution in [0, 0.1) is 34.5 Å². The van der Waals surface area contributed by atoms with E-state index in [0.29, 0.717) is 63.0 Å². The van der Waals surface area contributed by atoms with E-state index >= 15 is 0 Å². The third kappa shape index (κ3) is 12.7. The van der Waals surface area contributed by atoms with E-state index in [1.807, 2.05) is 13.8 Å². The molecule has 2 aliphatic heterocycles. The van der Waals surface area contributed by atoms with E-state index in [9.17, 15) is 63.3 Å². The lowest BCUT2D eigenvalue weighted by Gasteiger charge is -2.38. The molecule has 2 amide bonds. The van der Waals surface area contributed by atoms with Gasteiger partial charge >= 0.3 is 12.4 Å². The minimum atomic E-state index is -4.93. The van der Waals surface area contributed by atoms with Crippen LogP contribution in [0.3, 0.4) is 0 Å². The molecule has 2 aromatic heterocycles. The topological polar surface area (TPSA) is 235 Å². The van der Waals surface area contributed by atoms with Gasteiger partial charge in [0.15, 0.2) is 19.7 Å². The van der Waals surface area contributed by atoms with Crippen LogP contribution < -0.4 is 10.6 Å². The van der Waals surface area contributed by atoms with E-state index < -0.39 is 110 Å². The Morgan fingerprint density at radius 3 is 1.24 bits per heavy atom. The molecule has 18 nitrogen and oxygen atoms in total. The Hall–Kier alpha value is -5.90. The van der Waals surface area contributed by atoms with Crippen LogP contribution in [0.5, 0.6) is 0 Å². The number of aromatic nitrogens is 4. The number of hydrogen-bond donors (Lipinski definition) is 2. The van der Waals surface area contributed by atoms with Gasteiger partial charge in [-0.3, -0.25) is 19.0 Å². The number of rotatable bonds is 14. The molecule has 0 spiro atoms. The molecule has 4 aliphatic rings. The van der Waals surface area contributed by atoms with Crippen LogP contribution in [0.15, 0.2) is 71.0 Å². The Bertz CT molecular complexity index is 2930. The summed E-state index contributed by atoms with van der Waals surface area (Å²) in [6.45, 7) is 8.21. The largest absolute Gasteiger partial charge is 0.417 e. The highest BCUT2D eigenvalue weighted by molar-refractivity contribution is 7.92. The minimum absolute atomic E-state index is 0.137. The summed E-state index contributed by atoms with van der Waals surface area (Å²) >= 11 is 0. The molecule has 0 radical (unpaired) electrons. The van der Waals surface area contributed by atoms with Gasteiger partial charge in [0, 0.05) is 78.0 Å². The molecule has 0 bridgehead atoms. The number of methoxy groups -OCH3 is 2. The first-order valence-electron chi connectivity index (χ1n) is 25.5. The van der Waals surface area contributed by atoms with Crippen LogP contribution >= 0.6 is 0 Å². The highest BCUT2D eigenvalue weighted by atomic mass is 32.2. The monoisotopic (exact) mass is 1130 g/mol. The van der Waals surface area contributed by atoms with Crippen LogP contribution in [0.4, 0.5) is 26.3 Å². The van der Waals surface area contributed by atoms with Crippen molar-refractivity contribution in [2.75, 3.05) is 53.5 Å². The van der Waals surface area contributed by atoms with Gasteiger partial charge in [-0.2, -0.15) is 47.1 Å². The normalized spacial score (nSPS) is 23.9. The van der Waals surface area contributed by atoms with Gasteiger partial charge < -0.3 is 29.9 Å². The first kappa shape index (κ1) is 59.8. The molecule has 2 N–H and O–H groups in total. The zero-order chi connectivity index (χ0) is 57.2. The van der Waals surface area contributed by atoms with Crippen molar-refractivity contribution in [1.82, 2.24) is 40.0 Å². The Morgan fingerprint density at radius 1 is 0.628 bits per heavy atom. The van der Waals surface area contributed by atoms with Gasteiger partial charge in [-0.25, -0.2) is 16.8 Å². The van der Waals surface area contributed by atoms with Crippen molar-refractivity contribution in [3.8, 4) is 34.4 Å². The highest BCUT2D eigenvalue weighted by Crippen LogP contribution is 2.44. The molecule has 2 saturated heterocycles. The number of piperidine rings is 2. The standard InChI is InChI=1S/2C26H32F3N5O4S/c2*1-4-34-9-7-25(16-30,8-10-34)32-24(35)20-12-19(13-22(20)38-3)39(36,37)23-6-5-17(11-21(23)26(27,28)29)18-14-31-33(2)15-18/h2*5-6,11,14-15,19-20,22H,4,7-10,12-13H2,1-3H3,(H,32,35)/t2*19-,20-,22-/m10/s1. The van der Waals surface area contributed by atoms with Crippen LogP contribution in [0.25, 0.3) is 22.3 Å². The molecule has 2 aromatic carbocycles. The van der Waals surface area contributed by atoms with Crippen molar-refractivity contribution >= 4 is 31.5 Å². The van der Waals surface area contributed by atoms with E-state index in [1.54, 1.807) is 14.1 Å². The van der Waals surface area contributed by atoms with Gasteiger partial charge in [-0.05, 0) is 99.8 Å². The Kier molecular flexibility index (Phi) is 18.0. The zero-order valence-corrected chi connectivity index (χ0v) is 45.7. The second-order valence-electron chi connectivity index (χ2n) is 20.5. The molecule has 8 rings (SSSR count). The van der Waals surface area contributed by atoms with Crippen molar-refractivity contribution in [3.63, 3.8) is 0 Å². The Balaban J connectivity index is 0.000000226. The summed E-state index contributed by atoms with van der Waals surface area (Å²) < 4.78 is 153. The van der Waals surface area contributed by atoms with Gasteiger partial charge in [0.25, 0.3) is 0 Å². The van der Waals surface area contributed by atoms with Gasteiger partial charge in [0.05, 0.1) is 80.0 Å². The molecule has 6 atom stereocenters. The number of benzene rings is 2. The van der Waals surface area contributed by atoms with Gasteiger partial charge in [-0.15, -0.1) is 0 Å². The number of carbonyl (C=O) groups is 2.